The molecule has 0 aliphatic heterocycles. The van der Waals surface area contributed by atoms with E-state index in [1.54, 1.807) is 0 Å². The Morgan fingerprint density at radius 1 is 1.28 bits per heavy atom. The molecule has 1 fully saturated rings. The third-order valence-electron chi connectivity index (χ3n) is 3.45. The monoisotopic (exact) mass is 248 g/mol. The van der Waals surface area contributed by atoms with Crippen molar-refractivity contribution in [1.82, 2.24) is 9.97 Å². The number of amides is 1. The number of carbonyl (C=O) groups excluding carboxylic acids is 1. The van der Waals surface area contributed by atoms with Gasteiger partial charge in [-0.3, -0.25) is 4.79 Å². The summed E-state index contributed by atoms with van der Waals surface area (Å²) in [6.07, 6.45) is 3.68. The predicted molar refractivity (Wildman–Crippen MR) is 70.1 cm³/mol. The van der Waals surface area contributed by atoms with Crippen molar-refractivity contribution in [2.24, 2.45) is 11.7 Å². The number of nitrogens with two attached hydrogens (primary N) is 1. The molecule has 5 nitrogen and oxygen atoms in total. The van der Waals surface area contributed by atoms with Crippen molar-refractivity contribution in [3.63, 3.8) is 0 Å². The van der Waals surface area contributed by atoms with Crippen molar-refractivity contribution >= 4 is 11.7 Å². The van der Waals surface area contributed by atoms with Crippen molar-refractivity contribution in [3.8, 4) is 0 Å². The van der Waals surface area contributed by atoms with Crippen LogP contribution in [0.25, 0.3) is 0 Å². The molecule has 3 N–H and O–H groups in total. The fourth-order valence-electron chi connectivity index (χ4n) is 2.52. The zero-order chi connectivity index (χ0) is 13.1. The third kappa shape index (κ3) is 3.18. The summed E-state index contributed by atoms with van der Waals surface area (Å²) in [7, 11) is 0. The van der Waals surface area contributed by atoms with E-state index in [0.29, 0.717) is 6.04 Å². The van der Waals surface area contributed by atoms with Crippen molar-refractivity contribution < 1.29 is 4.79 Å². The van der Waals surface area contributed by atoms with Gasteiger partial charge in [-0.1, -0.05) is 0 Å². The van der Waals surface area contributed by atoms with E-state index in [9.17, 15) is 4.79 Å². The van der Waals surface area contributed by atoms with Crippen LogP contribution < -0.4 is 11.1 Å². The summed E-state index contributed by atoms with van der Waals surface area (Å²) in [5, 5.41) is 3.42. The standard InChI is InChI=1S/C13H20N4O/c1-8-7-12(16-9(2)15-8)17-11-5-3-10(4-6-11)13(14)18/h7,10-11H,3-6H2,1-2H3,(H2,14,18)(H,15,16,17). The Labute approximate surface area is 107 Å². The average Bonchev–Trinajstić information content (AvgIpc) is 2.28. The molecule has 0 radical (unpaired) electrons. The van der Waals surface area contributed by atoms with Crippen molar-refractivity contribution in [1.29, 1.82) is 0 Å². The van der Waals surface area contributed by atoms with E-state index >= 15 is 0 Å². The molecule has 1 amide bonds. The highest BCUT2D eigenvalue weighted by molar-refractivity contribution is 5.76. The highest BCUT2D eigenvalue weighted by Gasteiger charge is 2.24. The van der Waals surface area contributed by atoms with Crippen LogP contribution in [0.15, 0.2) is 6.07 Å². The minimum absolute atomic E-state index is 0.0527. The molecule has 18 heavy (non-hydrogen) atoms. The van der Waals surface area contributed by atoms with E-state index in [0.717, 1.165) is 43.0 Å². The molecule has 5 heteroatoms. The summed E-state index contributed by atoms with van der Waals surface area (Å²) in [4.78, 5) is 19.7. The molecular weight excluding hydrogens is 228 g/mol. The fraction of sp³-hybridized carbons (Fsp3) is 0.615. The second-order valence-corrected chi connectivity index (χ2v) is 5.04. The van der Waals surface area contributed by atoms with Gasteiger partial charge in [0.2, 0.25) is 5.91 Å². The molecule has 0 spiro atoms. The van der Waals surface area contributed by atoms with E-state index < -0.39 is 0 Å². The molecule has 1 saturated carbocycles. The molecule has 1 aliphatic carbocycles. The molecular formula is C13H20N4O. The lowest BCUT2D eigenvalue weighted by Gasteiger charge is -2.27. The maximum atomic E-state index is 11.1. The Bertz CT molecular complexity index is 418. The summed E-state index contributed by atoms with van der Waals surface area (Å²) < 4.78 is 0. The van der Waals surface area contributed by atoms with Crippen LogP contribution in [-0.2, 0) is 4.79 Å². The Kier molecular flexibility index (Phi) is 3.79. The molecule has 0 bridgehead atoms. The normalized spacial score (nSPS) is 23.7. The molecule has 0 unspecified atom stereocenters. The molecule has 1 aliphatic rings. The Morgan fingerprint density at radius 3 is 2.50 bits per heavy atom. The zero-order valence-electron chi connectivity index (χ0n) is 10.9. The SMILES string of the molecule is Cc1cc(NC2CCC(C(N)=O)CC2)nc(C)n1. The van der Waals surface area contributed by atoms with E-state index in [2.05, 4.69) is 15.3 Å². The molecule has 0 aromatic carbocycles. The number of nitrogens with zero attached hydrogens (tertiary/aromatic N) is 2. The topological polar surface area (TPSA) is 80.9 Å². The van der Waals surface area contributed by atoms with Gasteiger partial charge in [0.1, 0.15) is 11.6 Å². The van der Waals surface area contributed by atoms with Gasteiger partial charge in [-0.25, -0.2) is 9.97 Å². The first-order valence-corrected chi connectivity index (χ1v) is 6.42. The van der Waals surface area contributed by atoms with Gasteiger partial charge >= 0.3 is 0 Å². The second kappa shape index (κ2) is 5.33. The maximum Gasteiger partial charge on any atom is 0.220 e. The zero-order valence-corrected chi connectivity index (χ0v) is 10.9. The molecule has 1 aromatic rings. The van der Waals surface area contributed by atoms with Crippen LogP contribution in [0.5, 0.6) is 0 Å². The van der Waals surface area contributed by atoms with Crippen LogP contribution >= 0.6 is 0 Å². The number of anilines is 1. The highest BCUT2D eigenvalue weighted by Crippen LogP contribution is 2.26. The lowest BCUT2D eigenvalue weighted by Crippen LogP contribution is -2.32. The van der Waals surface area contributed by atoms with Crippen molar-refractivity contribution in [2.75, 3.05) is 5.32 Å². The van der Waals surface area contributed by atoms with Crippen LogP contribution in [0.3, 0.4) is 0 Å². The molecule has 0 atom stereocenters. The van der Waals surface area contributed by atoms with Gasteiger partial charge in [-0.05, 0) is 39.5 Å². The summed E-state index contributed by atoms with van der Waals surface area (Å²) >= 11 is 0. The lowest BCUT2D eigenvalue weighted by atomic mass is 9.85. The van der Waals surface area contributed by atoms with E-state index in [1.807, 2.05) is 19.9 Å². The lowest BCUT2D eigenvalue weighted by molar-refractivity contribution is -0.122. The minimum Gasteiger partial charge on any atom is -0.369 e. The Hall–Kier alpha value is -1.65. The number of hydrogen-bond donors (Lipinski definition) is 2. The first-order valence-electron chi connectivity index (χ1n) is 6.42. The molecule has 1 heterocycles. The number of carbonyl (C=O) groups is 1. The third-order valence-corrected chi connectivity index (χ3v) is 3.45. The molecule has 98 valence electrons. The van der Waals surface area contributed by atoms with Crippen molar-refractivity contribution in [2.45, 2.75) is 45.6 Å². The average molecular weight is 248 g/mol. The summed E-state index contributed by atoms with van der Waals surface area (Å²) in [5.74, 6) is 1.55. The van der Waals surface area contributed by atoms with E-state index in [-0.39, 0.29) is 11.8 Å². The predicted octanol–water partition coefficient (Wildman–Crippen LogP) is 1.55. The van der Waals surface area contributed by atoms with Gasteiger partial charge in [0.15, 0.2) is 0 Å². The van der Waals surface area contributed by atoms with E-state index in [1.165, 1.54) is 0 Å². The quantitative estimate of drug-likeness (QED) is 0.850. The van der Waals surface area contributed by atoms with Gasteiger partial charge in [0.25, 0.3) is 0 Å². The van der Waals surface area contributed by atoms with Gasteiger partial charge in [0, 0.05) is 23.7 Å². The Morgan fingerprint density at radius 2 is 1.94 bits per heavy atom. The van der Waals surface area contributed by atoms with Crippen LogP contribution in [0.2, 0.25) is 0 Å². The fourth-order valence-corrected chi connectivity index (χ4v) is 2.52. The Balaban J connectivity index is 1.93. The molecule has 1 aromatic heterocycles. The van der Waals surface area contributed by atoms with Crippen LogP contribution in [-0.4, -0.2) is 21.9 Å². The van der Waals surface area contributed by atoms with E-state index in [4.69, 9.17) is 5.73 Å². The summed E-state index contributed by atoms with van der Waals surface area (Å²) in [6.45, 7) is 3.85. The minimum atomic E-state index is -0.165. The first kappa shape index (κ1) is 12.8. The number of aryl methyl sites for hydroxylation is 2. The van der Waals surface area contributed by atoms with Crippen LogP contribution in [0.4, 0.5) is 5.82 Å². The summed E-state index contributed by atoms with van der Waals surface area (Å²) in [6, 6.07) is 2.34. The number of primary amides is 1. The number of aromatic nitrogens is 2. The summed E-state index contributed by atoms with van der Waals surface area (Å²) in [5.41, 5.74) is 6.29. The van der Waals surface area contributed by atoms with Gasteiger partial charge in [-0.15, -0.1) is 0 Å². The molecule has 2 rings (SSSR count). The number of rotatable bonds is 3. The second-order valence-electron chi connectivity index (χ2n) is 5.04. The maximum absolute atomic E-state index is 11.1. The largest absolute Gasteiger partial charge is 0.369 e. The smallest absolute Gasteiger partial charge is 0.220 e. The highest BCUT2D eigenvalue weighted by atomic mass is 16.1. The molecule has 0 saturated heterocycles. The van der Waals surface area contributed by atoms with Gasteiger partial charge < -0.3 is 11.1 Å². The number of hydrogen-bond acceptors (Lipinski definition) is 4. The van der Waals surface area contributed by atoms with Crippen LogP contribution in [0.1, 0.15) is 37.2 Å². The van der Waals surface area contributed by atoms with Crippen molar-refractivity contribution in [3.05, 3.63) is 17.6 Å². The number of nitrogens with one attached hydrogen (secondary N) is 1. The van der Waals surface area contributed by atoms with Crippen LogP contribution in [0, 0.1) is 19.8 Å². The first-order chi connectivity index (χ1) is 8.54. The van der Waals surface area contributed by atoms with Gasteiger partial charge in [-0.2, -0.15) is 0 Å². The van der Waals surface area contributed by atoms with Gasteiger partial charge in [0.05, 0.1) is 0 Å².